The second-order valence-corrected chi connectivity index (χ2v) is 10.2. The van der Waals surface area contributed by atoms with E-state index >= 15 is 0 Å². The molecular formula is C33H33N3O5S. The van der Waals surface area contributed by atoms with Crippen LogP contribution in [-0.2, 0) is 9.53 Å². The summed E-state index contributed by atoms with van der Waals surface area (Å²) in [7, 11) is 0. The molecule has 0 aromatic heterocycles. The van der Waals surface area contributed by atoms with Gasteiger partial charge in [-0.1, -0.05) is 48.5 Å². The first kappa shape index (κ1) is 30.1. The van der Waals surface area contributed by atoms with Gasteiger partial charge in [-0.2, -0.15) is 0 Å². The lowest BCUT2D eigenvalue weighted by molar-refractivity contribution is -0.111. The molecule has 5 N–H and O–H groups in total. The third-order valence-corrected chi connectivity index (χ3v) is 7.01. The number of carbonyl (C=O) groups is 2. The van der Waals surface area contributed by atoms with E-state index in [1.807, 2.05) is 48.7 Å². The third kappa shape index (κ3) is 9.07. The van der Waals surface area contributed by atoms with E-state index in [0.717, 1.165) is 4.90 Å². The molecule has 0 saturated heterocycles. The molecule has 0 aliphatic heterocycles. The van der Waals surface area contributed by atoms with Crippen LogP contribution in [0, 0.1) is 0 Å². The summed E-state index contributed by atoms with van der Waals surface area (Å²) in [4.78, 5) is 26.6. The van der Waals surface area contributed by atoms with Crippen molar-refractivity contribution in [2.24, 2.45) is 0 Å². The molecule has 2 atom stereocenters. The fourth-order valence-electron chi connectivity index (χ4n) is 4.14. The first-order chi connectivity index (χ1) is 20.4. The number of ether oxygens (including phenoxy) is 2. The van der Waals surface area contributed by atoms with Crippen molar-refractivity contribution in [3.63, 3.8) is 0 Å². The van der Waals surface area contributed by atoms with Crippen LogP contribution in [0.5, 0.6) is 11.5 Å². The van der Waals surface area contributed by atoms with Gasteiger partial charge < -0.3 is 25.6 Å². The van der Waals surface area contributed by atoms with Gasteiger partial charge in [0.15, 0.2) is 6.10 Å². The van der Waals surface area contributed by atoms with Gasteiger partial charge in [0.25, 0.3) is 0 Å². The normalized spacial score (nSPS) is 12.3. The van der Waals surface area contributed by atoms with Crippen molar-refractivity contribution in [1.82, 2.24) is 0 Å². The van der Waals surface area contributed by atoms with Gasteiger partial charge in [-0.25, -0.2) is 4.79 Å². The van der Waals surface area contributed by atoms with Gasteiger partial charge in [0.05, 0.1) is 11.4 Å². The lowest BCUT2D eigenvalue weighted by Gasteiger charge is -2.28. The topological polar surface area (TPSA) is 123 Å². The Kier molecular flexibility index (Phi) is 10.9. The number of para-hydroxylation sites is 3. The summed E-state index contributed by atoms with van der Waals surface area (Å²) in [5.41, 5.74) is 8.16. The van der Waals surface area contributed by atoms with Crippen molar-refractivity contribution < 1.29 is 24.2 Å². The molecule has 0 spiro atoms. The SMILES string of the molecule is CSc1ccc(NC(=O)O[C@@H](c2ccc(O)cc2)[C@H](CC/C=C/C(=O)Nc2ccccc2N)Oc2ccccc2)cc1. The van der Waals surface area contributed by atoms with Gasteiger partial charge in [0.2, 0.25) is 5.91 Å². The highest BCUT2D eigenvalue weighted by molar-refractivity contribution is 7.98. The number of phenols is 1. The summed E-state index contributed by atoms with van der Waals surface area (Å²) in [5, 5.41) is 15.4. The van der Waals surface area contributed by atoms with E-state index in [-0.39, 0.29) is 11.7 Å². The maximum Gasteiger partial charge on any atom is 0.412 e. The van der Waals surface area contributed by atoms with E-state index in [0.29, 0.717) is 41.2 Å². The Hall–Kier alpha value is -4.89. The molecule has 0 unspecified atom stereocenters. The number of allylic oxidation sites excluding steroid dienone is 1. The van der Waals surface area contributed by atoms with Crippen LogP contribution in [-0.4, -0.2) is 29.5 Å². The molecule has 4 aromatic rings. The molecule has 4 aromatic carbocycles. The Morgan fingerprint density at radius 3 is 2.29 bits per heavy atom. The van der Waals surface area contributed by atoms with E-state index in [9.17, 15) is 14.7 Å². The van der Waals surface area contributed by atoms with E-state index in [2.05, 4.69) is 10.6 Å². The van der Waals surface area contributed by atoms with E-state index in [4.69, 9.17) is 15.2 Å². The van der Waals surface area contributed by atoms with Crippen LogP contribution in [0.15, 0.2) is 120 Å². The second kappa shape index (κ2) is 15.2. The number of rotatable bonds is 12. The van der Waals surface area contributed by atoms with Gasteiger partial charge in [0, 0.05) is 10.6 Å². The number of nitrogens with two attached hydrogens (primary N) is 1. The number of nitrogen functional groups attached to an aromatic ring is 1. The van der Waals surface area contributed by atoms with Gasteiger partial charge in [0.1, 0.15) is 17.6 Å². The number of phenolic OH excluding ortho intramolecular Hbond substituents is 1. The fraction of sp³-hybridized carbons (Fsp3) is 0.152. The molecule has 2 amide bonds. The predicted molar refractivity (Wildman–Crippen MR) is 168 cm³/mol. The summed E-state index contributed by atoms with van der Waals surface area (Å²) < 4.78 is 12.3. The average Bonchev–Trinajstić information content (AvgIpc) is 3.00. The van der Waals surface area contributed by atoms with Crippen molar-refractivity contribution in [2.45, 2.75) is 29.9 Å². The zero-order valence-corrected chi connectivity index (χ0v) is 23.9. The highest BCUT2D eigenvalue weighted by Gasteiger charge is 2.29. The van der Waals surface area contributed by atoms with Crippen LogP contribution in [0.1, 0.15) is 24.5 Å². The summed E-state index contributed by atoms with van der Waals surface area (Å²) >= 11 is 1.61. The molecule has 0 saturated carbocycles. The van der Waals surface area contributed by atoms with Crippen LogP contribution in [0.4, 0.5) is 21.9 Å². The molecule has 0 aliphatic rings. The van der Waals surface area contributed by atoms with Crippen molar-refractivity contribution in [3.8, 4) is 11.5 Å². The second-order valence-electron chi connectivity index (χ2n) is 9.30. The van der Waals surface area contributed by atoms with Crippen molar-refractivity contribution in [1.29, 1.82) is 0 Å². The molecule has 42 heavy (non-hydrogen) atoms. The Balaban J connectivity index is 1.51. The fourth-order valence-corrected chi connectivity index (χ4v) is 4.55. The molecule has 0 aliphatic carbocycles. The molecule has 0 bridgehead atoms. The molecule has 4 rings (SSSR count). The maximum absolute atomic E-state index is 13.1. The first-order valence-electron chi connectivity index (χ1n) is 13.4. The number of anilines is 3. The van der Waals surface area contributed by atoms with Gasteiger partial charge in [-0.3, -0.25) is 10.1 Å². The Labute approximate surface area is 249 Å². The number of thioether (sulfide) groups is 1. The zero-order chi connectivity index (χ0) is 29.7. The first-order valence-corrected chi connectivity index (χ1v) is 14.6. The highest BCUT2D eigenvalue weighted by Crippen LogP contribution is 2.30. The number of carbonyl (C=O) groups excluding carboxylic acids is 2. The van der Waals surface area contributed by atoms with Gasteiger partial charge in [-0.05, 0) is 91.4 Å². The van der Waals surface area contributed by atoms with E-state index in [1.54, 1.807) is 66.4 Å². The summed E-state index contributed by atoms with van der Waals surface area (Å²) in [5.74, 6) is 0.375. The lowest BCUT2D eigenvalue weighted by atomic mass is 10.00. The smallest absolute Gasteiger partial charge is 0.412 e. The Morgan fingerprint density at radius 1 is 0.905 bits per heavy atom. The van der Waals surface area contributed by atoms with Gasteiger partial charge >= 0.3 is 6.09 Å². The standard InChI is InChI=1S/C33H33N3O5S/c1-42-27-21-17-24(18-22-27)35-33(39)41-32(23-15-19-25(37)20-16-23)30(40-26-9-3-2-4-10-26)13-7-8-14-31(38)36-29-12-6-5-11-28(29)34/h2-6,8-12,14-22,30,32,37H,7,13,34H2,1H3,(H,35,39)(H,36,38)/b14-8+/t30-,32-/m0/s1. The van der Waals surface area contributed by atoms with E-state index in [1.165, 1.54) is 18.2 Å². The van der Waals surface area contributed by atoms with Gasteiger partial charge in [-0.15, -0.1) is 11.8 Å². The molecule has 8 nitrogen and oxygen atoms in total. The number of hydrogen-bond donors (Lipinski definition) is 4. The molecule has 9 heteroatoms. The van der Waals surface area contributed by atoms with Crippen LogP contribution in [0.2, 0.25) is 0 Å². The number of benzene rings is 4. The summed E-state index contributed by atoms with van der Waals surface area (Å²) in [6, 6.07) is 30.1. The number of hydrogen-bond acceptors (Lipinski definition) is 7. The average molecular weight is 584 g/mol. The monoisotopic (exact) mass is 583 g/mol. The van der Waals surface area contributed by atoms with Crippen LogP contribution in [0.3, 0.4) is 0 Å². The maximum atomic E-state index is 13.1. The quantitative estimate of drug-likeness (QED) is 0.0778. The molecule has 0 heterocycles. The molecule has 0 radical (unpaired) electrons. The largest absolute Gasteiger partial charge is 0.508 e. The van der Waals surface area contributed by atoms with Crippen molar-refractivity contribution in [3.05, 3.63) is 121 Å². The number of aromatic hydroxyl groups is 1. The van der Waals surface area contributed by atoms with Crippen LogP contribution < -0.4 is 21.1 Å². The van der Waals surface area contributed by atoms with Crippen molar-refractivity contribution >= 4 is 40.8 Å². The Morgan fingerprint density at radius 2 is 1.60 bits per heavy atom. The number of nitrogens with one attached hydrogen (secondary N) is 2. The molecule has 0 fully saturated rings. The third-order valence-electron chi connectivity index (χ3n) is 6.27. The summed E-state index contributed by atoms with van der Waals surface area (Å²) in [6.07, 6.45) is 3.90. The minimum Gasteiger partial charge on any atom is -0.508 e. The molecular weight excluding hydrogens is 550 g/mol. The lowest BCUT2D eigenvalue weighted by Crippen LogP contribution is -2.31. The van der Waals surface area contributed by atoms with E-state index < -0.39 is 18.3 Å². The van der Waals surface area contributed by atoms with Crippen LogP contribution >= 0.6 is 11.8 Å². The highest BCUT2D eigenvalue weighted by atomic mass is 32.2. The van der Waals surface area contributed by atoms with Crippen LogP contribution in [0.25, 0.3) is 0 Å². The van der Waals surface area contributed by atoms with Crippen molar-refractivity contribution in [2.75, 3.05) is 22.6 Å². The Bertz CT molecular complexity index is 1480. The minimum absolute atomic E-state index is 0.0874. The molecule has 216 valence electrons. The predicted octanol–water partition coefficient (Wildman–Crippen LogP) is 7.41. The summed E-state index contributed by atoms with van der Waals surface area (Å²) in [6.45, 7) is 0. The number of amides is 2. The zero-order valence-electron chi connectivity index (χ0n) is 23.1. The minimum atomic E-state index is -0.831.